The Morgan fingerprint density at radius 2 is 2.15 bits per heavy atom. The summed E-state index contributed by atoms with van der Waals surface area (Å²) in [6.07, 6.45) is 1.29. The average molecular weight is 275 g/mol. The molecule has 0 aliphatic rings. The molecule has 0 radical (unpaired) electrons. The number of hydrogen-bond acceptors (Lipinski definition) is 4. The molecule has 5 nitrogen and oxygen atoms in total. The normalized spacial score (nSPS) is 10.1. The highest BCUT2D eigenvalue weighted by molar-refractivity contribution is 5.95. The molecular formula is C14H14FN3O2. The average Bonchev–Trinajstić information content (AvgIpc) is 2.48. The lowest BCUT2D eigenvalue weighted by Crippen LogP contribution is -2.24. The van der Waals surface area contributed by atoms with Crippen LogP contribution in [0.4, 0.5) is 10.2 Å². The molecule has 2 aromatic rings. The van der Waals surface area contributed by atoms with E-state index in [4.69, 9.17) is 10.5 Å². The van der Waals surface area contributed by atoms with Crippen molar-refractivity contribution in [2.45, 2.75) is 6.54 Å². The number of anilines is 1. The molecule has 6 heteroatoms. The third kappa shape index (κ3) is 2.85. The molecule has 0 atom stereocenters. The smallest absolute Gasteiger partial charge is 0.254 e. The van der Waals surface area contributed by atoms with Crippen molar-refractivity contribution in [2.24, 2.45) is 0 Å². The number of pyridine rings is 1. The minimum absolute atomic E-state index is 0.132. The zero-order valence-electron chi connectivity index (χ0n) is 10.9. The van der Waals surface area contributed by atoms with Crippen molar-refractivity contribution in [2.75, 3.05) is 12.8 Å². The zero-order chi connectivity index (χ0) is 14.5. The number of carbonyl (C=O) groups is 1. The third-order valence-corrected chi connectivity index (χ3v) is 2.79. The standard InChI is InChI=1S/C14H14FN3O2/c1-20-11-5-3-2-4-9(11)8-18-14(19)10-6-7-17-13(16)12(10)15/h2-7H,8H2,1H3,(H2,16,17)(H,18,19). The molecule has 20 heavy (non-hydrogen) atoms. The van der Waals surface area contributed by atoms with E-state index in [1.807, 2.05) is 18.2 Å². The van der Waals surface area contributed by atoms with Crippen molar-refractivity contribution in [1.29, 1.82) is 0 Å². The quantitative estimate of drug-likeness (QED) is 0.891. The van der Waals surface area contributed by atoms with Gasteiger partial charge in [-0.3, -0.25) is 4.79 Å². The van der Waals surface area contributed by atoms with Crippen LogP contribution in [0.25, 0.3) is 0 Å². The molecule has 0 aliphatic carbocycles. The van der Waals surface area contributed by atoms with E-state index in [1.54, 1.807) is 13.2 Å². The van der Waals surface area contributed by atoms with E-state index in [0.29, 0.717) is 5.75 Å². The zero-order valence-corrected chi connectivity index (χ0v) is 10.9. The number of nitrogens with zero attached hydrogens (tertiary/aromatic N) is 1. The van der Waals surface area contributed by atoms with Crippen LogP contribution in [0.5, 0.6) is 5.75 Å². The minimum Gasteiger partial charge on any atom is -0.496 e. The number of benzene rings is 1. The van der Waals surface area contributed by atoms with Gasteiger partial charge in [0.05, 0.1) is 12.7 Å². The van der Waals surface area contributed by atoms with Gasteiger partial charge in [0, 0.05) is 18.3 Å². The molecule has 0 fully saturated rings. The summed E-state index contributed by atoms with van der Waals surface area (Å²) in [4.78, 5) is 15.5. The summed E-state index contributed by atoms with van der Waals surface area (Å²) in [5.74, 6) is -1.01. The highest BCUT2D eigenvalue weighted by atomic mass is 19.1. The van der Waals surface area contributed by atoms with Crippen molar-refractivity contribution >= 4 is 11.7 Å². The van der Waals surface area contributed by atoms with Gasteiger partial charge < -0.3 is 15.8 Å². The van der Waals surface area contributed by atoms with Gasteiger partial charge in [-0.15, -0.1) is 0 Å². The Morgan fingerprint density at radius 3 is 2.90 bits per heavy atom. The number of nitrogens with two attached hydrogens (primary N) is 1. The van der Waals surface area contributed by atoms with E-state index in [2.05, 4.69) is 10.3 Å². The molecule has 1 amide bonds. The number of ether oxygens (including phenoxy) is 1. The van der Waals surface area contributed by atoms with Crippen LogP contribution in [0.1, 0.15) is 15.9 Å². The Kier molecular flexibility index (Phi) is 4.14. The SMILES string of the molecule is COc1ccccc1CNC(=O)c1ccnc(N)c1F. The number of carbonyl (C=O) groups excluding carboxylic acids is 1. The second-order valence-electron chi connectivity index (χ2n) is 4.05. The summed E-state index contributed by atoms with van der Waals surface area (Å²) in [7, 11) is 1.55. The Balaban J connectivity index is 2.11. The summed E-state index contributed by atoms with van der Waals surface area (Å²) in [6.45, 7) is 0.227. The maximum absolute atomic E-state index is 13.7. The van der Waals surface area contributed by atoms with Gasteiger partial charge in [0.1, 0.15) is 5.75 Å². The molecule has 0 aliphatic heterocycles. The van der Waals surface area contributed by atoms with Crippen LogP contribution >= 0.6 is 0 Å². The number of nitrogens with one attached hydrogen (secondary N) is 1. The molecule has 1 heterocycles. The Morgan fingerprint density at radius 1 is 1.40 bits per heavy atom. The molecule has 2 rings (SSSR count). The highest BCUT2D eigenvalue weighted by Crippen LogP contribution is 2.17. The third-order valence-electron chi connectivity index (χ3n) is 2.79. The van der Waals surface area contributed by atoms with E-state index in [1.165, 1.54) is 12.3 Å². The summed E-state index contributed by atoms with van der Waals surface area (Å²) >= 11 is 0. The minimum atomic E-state index is -0.815. The van der Waals surface area contributed by atoms with Crippen molar-refractivity contribution in [3.63, 3.8) is 0 Å². The predicted molar refractivity (Wildman–Crippen MR) is 72.8 cm³/mol. The second kappa shape index (κ2) is 6.01. The fraction of sp³-hybridized carbons (Fsp3) is 0.143. The van der Waals surface area contributed by atoms with Crippen molar-refractivity contribution in [3.8, 4) is 5.75 Å². The molecular weight excluding hydrogens is 261 g/mol. The van der Waals surface area contributed by atoms with Gasteiger partial charge in [-0.05, 0) is 12.1 Å². The van der Waals surface area contributed by atoms with Gasteiger partial charge >= 0.3 is 0 Å². The second-order valence-corrected chi connectivity index (χ2v) is 4.05. The van der Waals surface area contributed by atoms with Gasteiger partial charge in [-0.1, -0.05) is 18.2 Å². The van der Waals surface area contributed by atoms with E-state index >= 15 is 0 Å². The van der Waals surface area contributed by atoms with Crippen LogP contribution in [0.15, 0.2) is 36.5 Å². The number of aromatic nitrogens is 1. The molecule has 0 saturated heterocycles. The van der Waals surface area contributed by atoms with E-state index < -0.39 is 11.7 Å². The van der Waals surface area contributed by atoms with Gasteiger partial charge in [0.2, 0.25) is 0 Å². The molecule has 0 spiro atoms. The first-order valence-electron chi connectivity index (χ1n) is 5.93. The summed E-state index contributed by atoms with van der Waals surface area (Å²) < 4.78 is 18.8. The highest BCUT2D eigenvalue weighted by Gasteiger charge is 2.14. The van der Waals surface area contributed by atoms with E-state index in [-0.39, 0.29) is 17.9 Å². The molecule has 104 valence electrons. The van der Waals surface area contributed by atoms with Gasteiger partial charge in [0.15, 0.2) is 11.6 Å². The number of hydrogen-bond donors (Lipinski definition) is 2. The van der Waals surface area contributed by atoms with Crippen LogP contribution in [-0.2, 0) is 6.54 Å². The van der Waals surface area contributed by atoms with Crippen LogP contribution in [0, 0.1) is 5.82 Å². The topological polar surface area (TPSA) is 77.2 Å². The maximum Gasteiger partial charge on any atom is 0.254 e. The van der Waals surface area contributed by atoms with Gasteiger partial charge in [-0.25, -0.2) is 9.37 Å². The fourth-order valence-electron chi connectivity index (χ4n) is 1.76. The van der Waals surface area contributed by atoms with Crippen LogP contribution in [0.2, 0.25) is 0 Å². The summed E-state index contributed by atoms with van der Waals surface area (Å²) in [5, 5.41) is 2.62. The molecule has 0 unspecified atom stereocenters. The lowest BCUT2D eigenvalue weighted by molar-refractivity contribution is 0.0946. The molecule has 3 N–H and O–H groups in total. The first-order valence-corrected chi connectivity index (χ1v) is 5.93. The van der Waals surface area contributed by atoms with Crippen LogP contribution < -0.4 is 15.8 Å². The van der Waals surface area contributed by atoms with Crippen LogP contribution in [0.3, 0.4) is 0 Å². The monoisotopic (exact) mass is 275 g/mol. The number of rotatable bonds is 4. The van der Waals surface area contributed by atoms with Crippen molar-refractivity contribution in [1.82, 2.24) is 10.3 Å². The number of methoxy groups -OCH3 is 1. The Hall–Kier alpha value is -2.63. The fourth-order valence-corrected chi connectivity index (χ4v) is 1.76. The Bertz CT molecular complexity index is 632. The molecule has 0 saturated carbocycles. The summed E-state index contributed by atoms with van der Waals surface area (Å²) in [5.41, 5.74) is 5.99. The predicted octanol–water partition coefficient (Wildman–Crippen LogP) is 1.74. The van der Waals surface area contributed by atoms with E-state index in [0.717, 1.165) is 5.56 Å². The molecule has 1 aromatic carbocycles. The molecule has 1 aromatic heterocycles. The number of amides is 1. The number of para-hydroxylation sites is 1. The van der Waals surface area contributed by atoms with Crippen molar-refractivity contribution < 1.29 is 13.9 Å². The first-order chi connectivity index (χ1) is 9.63. The van der Waals surface area contributed by atoms with Gasteiger partial charge in [-0.2, -0.15) is 0 Å². The number of halogens is 1. The van der Waals surface area contributed by atoms with Gasteiger partial charge in [0.25, 0.3) is 5.91 Å². The van der Waals surface area contributed by atoms with Crippen molar-refractivity contribution in [3.05, 3.63) is 53.5 Å². The molecule has 0 bridgehead atoms. The van der Waals surface area contributed by atoms with E-state index in [9.17, 15) is 9.18 Å². The van der Waals surface area contributed by atoms with Crippen LogP contribution in [-0.4, -0.2) is 18.0 Å². The summed E-state index contributed by atoms with van der Waals surface area (Å²) in [6, 6.07) is 8.54. The lowest BCUT2D eigenvalue weighted by atomic mass is 10.2. The maximum atomic E-state index is 13.7. The Labute approximate surface area is 115 Å². The lowest BCUT2D eigenvalue weighted by Gasteiger charge is -2.10. The largest absolute Gasteiger partial charge is 0.496 e. The number of nitrogen functional groups attached to an aromatic ring is 1. The first kappa shape index (κ1) is 13.8.